The molecule has 0 aromatic rings. The summed E-state index contributed by atoms with van der Waals surface area (Å²) in [7, 11) is 0. The van der Waals surface area contributed by atoms with Crippen LogP contribution >= 0.6 is 0 Å². The zero-order valence-electron chi connectivity index (χ0n) is 19.4. The summed E-state index contributed by atoms with van der Waals surface area (Å²) in [6.45, 7) is 1.10. The third-order valence-corrected chi connectivity index (χ3v) is 8.87. The van der Waals surface area contributed by atoms with E-state index in [2.05, 4.69) is 88.2 Å². The van der Waals surface area contributed by atoms with Crippen LogP contribution in [0.4, 0.5) is 0 Å². The van der Waals surface area contributed by atoms with Crippen molar-refractivity contribution in [3.05, 3.63) is 95.5 Å². The van der Waals surface area contributed by atoms with Gasteiger partial charge in [0.05, 0.1) is 0 Å². The van der Waals surface area contributed by atoms with E-state index in [1.807, 2.05) is 0 Å². The molecule has 3 nitrogen and oxygen atoms in total. The Kier molecular flexibility index (Phi) is 4.95. The van der Waals surface area contributed by atoms with Crippen LogP contribution in [0.3, 0.4) is 0 Å². The van der Waals surface area contributed by atoms with Gasteiger partial charge in [-0.3, -0.25) is 0 Å². The third-order valence-electron chi connectivity index (χ3n) is 8.87. The second kappa shape index (κ2) is 8.14. The minimum Gasteiger partial charge on any atom is -0.341 e. The predicted molar refractivity (Wildman–Crippen MR) is 134 cm³/mol. The van der Waals surface area contributed by atoms with Gasteiger partial charge < -0.3 is 4.90 Å². The van der Waals surface area contributed by atoms with Crippen LogP contribution in [-0.2, 0) is 0 Å². The van der Waals surface area contributed by atoms with Crippen molar-refractivity contribution in [3.8, 4) is 0 Å². The van der Waals surface area contributed by atoms with Crippen LogP contribution in [0.15, 0.2) is 95.5 Å². The Labute approximate surface area is 198 Å². The Morgan fingerprint density at radius 3 is 2.82 bits per heavy atom. The van der Waals surface area contributed by atoms with Gasteiger partial charge in [-0.15, -0.1) is 0 Å². The molecule has 2 heterocycles. The van der Waals surface area contributed by atoms with E-state index < -0.39 is 0 Å². The van der Waals surface area contributed by atoms with Crippen LogP contribution in [0.1, 0.15) is 44.9 Å². The van der Waals surface area contributed by atoms with E-state index in [-0.39, 0.29) is 0 Å². The largest absolute Gasteiger partial charge is 0.341 e. The van der Waals surface area contributed by atoms with E-state index in [4.69, 9.17) is 0 Å². The van der Waals surface area contributed by atoms with Crippen molar-refractivity contribution >= 4 is 0 Å². The molecule has 1 saturated carbocycles. The summed E-state index contributed by atoms with van der Waals surface area (Å²) < 4.78 is 0. The number of allylic oxidation sites excluding steroid dienone is 11. The van der Waals surface area contributed by atoms with Crippen LogP contribution < -0.4 is 5.43 Å². The molecule has 2 aliphatic heterocycles. The molecule has 170 valence electrons. The summed E-state index contributed by atoms with van der Waals surface area (Å²) in [5.74, 6) is 2.75. The Morgan fingerprint density at radius 2 is 1.88 bits per heavy atom. The smallest absolute Gasteiger partial charge is 0.112 e. The van der Waals surface area contributed by atoms with Gasteiger partial charge in [-0.25, -0.2) is 10.4 Å². The number of fused-ring (bicyclic) bond motifs is 4. The van der Waals surface area contributed by atoms with Crippen molar-refractivity contribution in [1.82, 2.24) is 15.3 Å². The van der Waals surface area contributed by atoms with Crippen molar-refractivity contribution in [1.29, 1.82) is 0 Å². The van der Waals surface area contributed by atoms with E-state index in [1.165, 1.54) is 37.7 Å². The third kappa shape index (κ3) is 3.48. The van der Waals surface area contributed by atoms with Crippen molar-refractivity contribution in [2.24, 2.45) is 23.7 Å². The molecule has 0 radical (unpaired) electrons. The molecule has 1 N–H and O–H groups in total. The lowest BCUT2D eigenvalue weighted by atomic mass is 9.65. The van der Waals surface area contributed by atoms with Crippen molar-refractivity contribution < 1.29 is 0 Å². The van der Waals surface area contributed by atoms with E-state index >= 15 is 0 Å². The molecule has 3 heteroatoms. The molecule has 7 aliphatic rings. The van der Waals surface area contributed by atoms with Gasteiger partial charge in [0.25, 0.3) is 0 Å². The van der Waals surface area contributed by atoms with Gasteiger partial charge in [-0.2, -0.15) is 0 Å². The summed E-state index contributed by atoms with van der Waals surface area (Å²) in [6, 6.07) is 0.642. The van der Waals surface area contributed by atoms with Crippen LogP contribution in [0, 0.1) is 23.7 Å². The molecule has 7 unspecified atom stereocenters. The number of nitrogens with one attached hydrogen (secondary N) is 1. The average Bonchev–Trinajstić information content (AvgIpc) is 3.55. The fourth-order valence-corrected chi connectivity index (χ4v) is 7.33. The first-order valence-corrected chi connectivity index (χ1v) is 13.2. The first kappa shape index (κ1) is 20.1. The van der Waals surface area contributed by atoms with Crippen LogP contribution in [0.2, 0.25) is 0 Å². The SMILES string of the molecule is C1=CCC(CN2NC2C2=CCCC(N3C4=C(CCC=C4)C4C5C=CC=CC5CCC43)=C2)C=C1. The monoisotopic (exact) mass is 437 g/mol. The van der Waals surface area contributed by atoms with Crippen LogP contribution in [0.5, 0.6) is 0 Å². The van der Waals surface area contributed by atoms with Gasteiger partial charge in [-0.1, -0.05) is 60.8 Å². The fraction of sp³-hybridized carbons (Fsp3) is 0.467. The second-order valence-electron chi connectivity index (χ2n) is 10.8. The standard InChI is InChI=1S/C30H35N3/c1-2-9-21(10-3-1)20-32-30(31-32)23-12-8-13-24(19-23)33-27-16-7-6-15-26(27)29-25-14-5-4-11-22(25)17-18-28(29)33/h1-5,7,9,11-12,14,16,19,21-22,25,28-31H,6,8,10,13,15,17-18,20H2. The summed E-state index contributed by atoms with van der Waals surface area (Å²) in [5, 5.41) is 2.43. The molecule has 0 bridgehead atoms. The van der Waals surface area contributed by atoms with Crippen molar-refractivity contribution in [3.63, 3.8) is 0 Å². The Bertz CT molecular complexity index is 1060. The lowest BCUT2D eigenvalue weighted by molar-refractivity contribution is 0.156. The number of hydrazine groups is 1. The average molecular weight is 438 g/mol. The van der Waals surface area contributed by atoms with Gasteiger partial charge in [0.1, 0.15) is 6.17 Å². The van der Waals surface area contributed by atoms with Gasteiger partial charge in [0.15, 0.2) is 0 Å². The lowest BCUT2D eigenvalue weighted by Gasteiger charge is -2.43. The topological polar surface area (TPSA) is 28.2 Å². The lowest BCUT2D eigenvalue weighted by Crippen LogP contribution is -2.42. The van der Waals surface area contributed by atoms with Crippen molar-refractivity contribution in [2.45, 2.75) is 57.2 Å². The predicted octanol–water partition coefficient (Wildman–Crippen LogP) is 5.93. The molecule has 0 aromatic heterocycles. The van der Waals surface area contributed by atoms with Crippen LogP contribution in [-0.4, -0.2) is 28.7 Å². The Morgan fingerprint density at radius 1 is 0.939 bits per heavy atom. The number of nitrogens with zero attached hydrogens (tertiary/aromatic N) is 2. The summed E-state index contributed by atoms with van der Waals surface area (Å²) in [4.78, 5) is 2.80. The first-order valence-electron chi connectivity index (χ1n) is 13.2. The minimum absolute atomic E-state index is 0.399. The maximum Gasteiger partial charge on any atom is 0.112 e. The highest BCUT2D eigenvalue weighted by Crippen LogP contribution is 2.53. The van der Waals surface area contributed by atoms with Gasteiger partial charge in [-0.05, 0) is 86.0 Å². The summed E-state index contributed by atoms with van der Waals surface area (Å²) in [6.07, 6.45) is 37.5. The molecule has 0 amide bonds. The Hall–Kier alpha value is -2.36. The zero-order valence-corrected chi connectivity index (χ0v) is 19.4. The van der Waals surface area contributed by atoms with Gasteiger partial charge >= 0.3 is 0 Å². The van der Waals surface area contributed by atoms with E-state index in [0.717, 1.165) is 25.3 Å². The molecule has 0 spiro atoms. The first-order chi connectivity index (χ1) is 16.4. The maximum atomic E-state index is 3.65. The molecule has 2 fully saturated rings. The zero-order chi connectivity index (χ0) is 21.8. The van der Waals surface area contributed by atoms with E-state index in [1.54, 1.807) is 17.0 Å². The second-order valence-corrected chi connectivity index (χ2v) is 10.8. The quantitative estimate of drug-likeness (QED) is 0.553. The molecular weight excluding hydrogens is 402 g/mol. The van der Waals surface area contributed by atoms with E-state index in [0.29, 0.717) is 30.0 Å². The summed E-state index contributed by atoms with van der Waals surface area (Å²) >= 11 is 0. The molecule has 7 rings (SSSR count). The summed E-state index contributed by atoms with van der Waals surface area (Å²) in [5.41, 5.74) is 9.98. The van der Waals surface area contributed by atoms with Gasteiger partial charge in [0.2, 0.25) is 0 Å². The molecule has 1 saturated heterocycles. The highest BCUT2D eigenvalue weighted by Gasteiger charge is 2.49. The number of hydrogen-bond donors (Lipinski definition) is 1. The normalized spacial score (nSPS) is 40.4. The van der Waals surface area contributed by atoms with Gasteiger partial charge in [0, 0.05) is 29.9 Å². The minimum atomic E-state index is 0.399. The number of hydrogen-bond acceptors (Lipinski definition) is 3. The molecule has 7 atom stereocenters. The Balaban J connectivity index is 1.14. The molecular formula is C30H35N3. The molecule has 0 aromatic carbocycles. The fourth-order valence-electron chi connectivity index (χ4n) is 7.33. The highest BCUT2D eigenvalue weighted by molar-refractivity contribution is 5.45. The highest BCUT2D eigenvalue weighted by atomic mass is 15.7. The maximum absolute atomic E-state index is 3.65. The molecule has 5 aliphatic carbocycles. The number of rotatable bonds is 4. The van der Waals surface area contributed by atoms with E-state index in [9.17, 15) is 0 Å². The van der Waals surface area contributed by atoms with Crippen molar-refractivity contribution in [2.75, 3.05) is 6.54 Å². The van der Waals surface area contributed by atoms with Crippen LogP contribution in [0.25, 0.3) is 0 Å². The molecule has 33 heavy (non-hydrogen) atoms.